The SMILES string of the molecule is CC1(C)O[C@H]2O[C@@H]([C@H]3COC(C)(C)O3)[C@H](O)[C@@H]2O1. The van der Waals surface area contributed by atoms with Crippen LogP contribution >= 0.6 is 0 Å². The second kappa shape index (κ2) is 3.88. The van der Waals surface area contributed by atoms with Crippen LogP contribution in [-0.4, -0.2) is 54.0 Å². The molecule has 3 heterocycles. The van der Waals surface area contributed by atoms with Crippen molar-refractivity contribution in [1.29, 1.82) is 0 Å². The summed E-state index contributed by atoms with van der Waals surface area (Å²) >= 11 is 0. The largest absolute Gasteiger partial charge is 0.387 e. The molecule has 0 radical (unpaired) electrons. The summed E-state index contributed by atoms with van der Waals surface area (Å²) in [6.07, 6.45) is -2.53. The van der Waals surface area contributed by atoms with E-state index in [4.69, 9.17) is 23.7 Å². The molecule has 0 aliphatic carbocycles. The molecule has 3 saturated heterocycles. The van der Waals surface area contributed by atoms with Crippen LogP contribution in [0.1, 0.15) is 27.7 Å². The first kappa shape index (κ1) is 12.8. The van der Waals surface area contributed by atoms with Crippen molar-refractivity contribution < 1.29 is 28.8 Å². The van der Waals surface area contributed by atoms with Gasteiger partial charge in [0.05, 0.1) is 6.61 Å². The summed E-state index contributed by atoms with van der Waals surface area (Å²) in [6.45, 7) is 7.68. The molecule has 3 aliphatic heterocycles. The molecule has 0 aromatic rings. The van der Waals surface area contributed by atoms with E-state index in [9.17, 15) is 5.11 Å². The van der Waals surface area contributed by atoms with Gasteiger partial charge in [0.15, 0.2) is 17.9 Å². The van der Waals surface area contributed by atoms with Crippen LogP contribution in [-0.2, 0) is 23.7 Å². The number of hydrogen-bond donors (Lipinski definition) is 1. The summed E-state index contributed by atoms with van der Waals surface area (Å²) in [5.74, 6) is -1.35. The molecule has 0 saturated carbocycles. The van der Waals surface area contributed by atoms with Gasteiger partial charge in [0.2, 0.25) is 0 Å². The molecule has 18 heavy (non-hydrogen) atoms. The van der Waals surface area contributed by atoms with Gasteiger partial charge in [-0.15, -0.1) is 0 Å². The van der Waals surface area contributed by atoms with Crippen LogP contribution in [0.4, 0.5) is 0 Å². The zero-order valence-corrected chi connectivity index (χ0v) is 11.1. The van der Waals surface area contributed by atoms with Crippen molar-refractivity contribution in [3.8, 4) is 0 Å². The van der Waals surface area contributed by atoms with E-state index < -0.39 is 36.2 Å². The van der Waals surface area contributed by atoms with Crippen molar-refractivity contribution in [2.45, 2.75) is 70.0 Å². The van der Waals surface area contributed by atoms with E-state index in [1.165, 1.54) is 0 Å². The maximum atomic E-state index is 10.3. The summed E-state index contributed by atoms with van der Waals surface area (Å²) in [6, 6.07) is 0. The monoisotopic (exact) mass is 260 g/mol. The third-order valence-electron chi connectivity index (χ3n) is 3.45. The zero-order valence-electron chi connectivity index (χ0n) is 11.1. The quantitative estimate of drug-likeness (QED) is 0.735. The van der Waals surface area contributed by atoms with Crippen LogP contribution in [0.2, 0.25) is 0 Å². The Bertz CT molecular complexity index is 341. The molecule has 0 amide bonds. The molecule has 3 rings (SSSR count). The molecule has 0 aromatic carbocycles. The van der Waals surface area contributed by atoms with Gasteiger partial charge in [-0.25, -0.2) is 0 Å². The molecule has 6 nitrogen and oxygen atoms in total. The highest BCUT2D eigenvalue weighted by atomic mass is 16.8. The van der Waals surface area contributed by atoms with Crippen LogP contribution in [0.15, 0.2) is 0 Å². The topological polar surface area (TPSA) is 66.4 Å². The van der Waals surface area contributed by atoms with Crippen molar-refractivity contribution in [3.63, 3.8) is 0 Å². The fraction of sp³-hybridized carbons (Fsp3) is 1.00. The minimum absolute atomic E-state index is 0.295. The van der Waals surface area contributed by atoms with E-state index in [1.807, 2.05) is 13.8 Å². The Morgan fingerprint density at radius 2 is 1.67 bits per heavy atom. The van der Waals surface area contributed by atoms with Gasteiger partial charge in [0, 0.05) is 0 Å². The second-order valence-electron chi connectivity index (χ2n) is 5.93. The number of aliphatic hydroxyl groups excluding tert-OH is 1. The second-order valence-corrected chi connectivity index (χ2v) is 5.93. The lowest BCUT2D eigenvalue weighted by molar-refractivity contribution is -0.232. The fourth-order valence-corrected chi connectivity index (χ4v) is 2.70. The van der Waals surface area contributed by atoms with Gasteiger partial charge >= 0.3 is 0 Å². The van der Waals surface area contributed by atoms with Crippen LogP contribution < -0.4 is 0 Å². The predicted octanol–water partition coefficient (Wildman–Crippen LogP) is 0.375. The Morgan fingerprint density at radius 3 is 2.22 bits per heavy atom. The van der Waals surface area contributed by atoms with Gasteiger partial charge in [-0.3, -0.25) is 0 Å². The first-order valence-corrected chi connectivity index (χ1v) is 6.28. The van der Waals surface area contributed by atoms with Gasteiger partial charge < -0.3 is 28.8 Å². The molecule has 104 valence electrons. The van der Waals surface area contributed by atoms with Gasteiger partial charge in [0.1, 0.15) is 24.4 Å². The van der Waals surface area contributed by atoms with Crippen LogP contribution in [0.5, 0.6) is 0 Å². The maximum Gasteiger partial charge on any atom is 0.190 e. The minimum atomic E-state index is -0.765. The molecule has 1 N–H and O–H groups in total. The van der Waals surface area contributed by atoms with Crippen molar-refractivity contribution in [2.75, 3.05) is 6.61 Å². The summed E-state index contributed by atoms with van der Waals surface area (Å²) < 4.78 is 28.1. The Hall–Kier alpha value is -0.240. The molecule has 3 fully saturated rings. The molecule has 0 spiro atoms. The highest BCUT2D eigenvalue weighted by molar-refractivity contribution is 4.97. The lowest BCUT2D eigenvalue weighted by atomic mass is 10.1. The van der Waals surface area contributed by atoms with E-state index in [2.05, 4.69) is 0 Å². The van der Waals surface area contributed by atoms with E-state index >= 15 is 0 Å². The number of fused-ring (bicyclic) bond motifs is 1. The van der Waals surface area contributed by atoms with Gasteiger partial charge in [-0.2, -0.15) is 0 Å². The van der Waals surface area contributed by atoms with E-state index in [0.29, 0.717) is 6.61 Å². The lowest BCUT2D eigenvalue weighted by Crippen LogP contribution is -2.42. The van der Waals surface area contributed by atoms with Crippen molar-refractivity contribution >= 4 is 0 Å². The highest BCUT2D eigenvalue weighted by Crippen LogP contribution is 2.40. The molecule has 0 bridgehead atoms. The summed E-state index contributed by atoms with van der Waals surface area (Å²) in [5.41, 5.74) is 0. The molecule has 0 unspecified atom stereocenters. The number of aliphatic hydroxyl groups is 1. The van der Waals surface area contributed by atoms with Gasteiger partial charge in [-0.1, -0.05) is 0 Å². The van der Waals surface area contributed by atoms with Crippen LogP contribution in [0, 0.1) is 0 Å². The molecule has 3 aliphatic rings. The summed E-state index contributed by atoms with van der Waals surface area (Å²) in [4.78, 5) is 0. The molecular formula is C12H20O6. The molecular weight excluding hydrogens is 240 g/mol. The maximum absolute atomic E-state index is 10.3. The highest BCUT2D eigenvalue weighted by Gasteiger charge is 2.57. The van der Waals surface area contributed by atoms with E-state index in [0.717, 1.165) is 0 Å². The predicted molar refractivity (Wildman–Crippen MR) is 59.6 cm³/mol. The third-order valence-corrected chi connectivity index (χ3v) is 3.45. The minimum Gasteiger partial charge on any atom is -0.387 e. The zero-order chi connectivity index (χ0) is 13.1. The Labute approximate surface area is 106 Å². The van der Waals surface area contributed by atoms with Crippen LogP contribution in [0.3, 0.4) is 0 Å². The average molecular weight is 260 g/mol. The Balaban J connectivity index is 1.68. The fourth-order valence-electron chi connectivity index (χ4n) is 2.70. The number of ether oxygens (including phenoxy) is 5. The lowest BCUT2D eigenvalue weighted by Gasteiger charge is -2.26. The first-order chi connectivity index (χ1) is 8.27. The van der Waals surface area contributed by atoms with Crippen molar-refractivity contribution in [2.24, 2.45) is 0 Å². The number of hydrogen-bond acceptors (Lipinski definition) is 6. The first-order valence-electron chi connectivity index (χ1n) is 6.28. The van der Waals surface area contributed by atoms with Gasteiger partial charge in [0.25, 0.3) is 0 Å². The van der Waals surface area contributed by atoms with E-state index in [1.54, 1.807) is 13.8 Å². The third kappa shape index (κ3) is 2.07. The summed E-state index contributed by atoms with van der Waals surface area (Å²) in [5, 5.41) is 10.3. The Kier molecular flexibility index (Phi) is 2.75. The standard InChI is InChI=1S/C12H20O6/c1-11(2)14-5-6(16-11)8-7(13)9-10(15-8)18-12(3,4)17-9/h6-10,13H,5H2,1-4H3/t6-,7+,8+,9+,10-/m1/s1. The Morgan fingerprint density at radius 1 is 0.944 bits per heavy atom. The van der Waals surface area contributed by atoms with Crippen molar-refractivity contribution in [3.05, 3.63) is 0 Å². The average Bonchev–Trinajstić information content (AvgIpc) is 2.81. The van der Waals surface area contributed by atoms with Gasteiger partial charge in [-0.05, 0) is 27.7 Å². The molecule has 0 aromatic heterocycles. The molecule has 5 atom stereocenters. The van der Waals surface area contributed by atoms with Crippen LogP contribution in [0.25, 0.3) is 0 Å². The number of rotatable bonds is 1. The smallest absolute Gasteiger partial charge is 0.190 e. The van der Waals surface area contributed by atoms with E-state index in [-0.39, 0.29) is 6.10 Å². The summed E-state index contributed by atoms with van der Waals surface area (Å²) in [7, 11) is 0. The van der Waals surface area contributed by atoms with Crippen molar-refractivity contribution in [1.82, 2.24) is 0 Å². The molecule has 6 heteroatoms. The normalized spacial score (nSPS) is 49.5.